The van der Waals surface area contributed by atoms with Crippen LogP contribution in [0.5, 0.6) is 0 Å². The van der Waals surface area contributed by atoms with Crippen LogP contribution >= 0.6 is 0 Å². The minimum Gasteiger partial charge on any atom is -0.341 e. The number of amides is 1. The maximum atomic E-state index is 12.8. The second-order valence-electron chi connectivity index (χ2n) is 4.37. The average Bonchev–Trinajstić information content (AvgIpc) is 2.01. The number of carbonyl (C=O) groups is 1. The number of hydrogen-bond donors (Lipinski definition) is 1. The van der Waals surface area contributed by atoms with Crippen molar-refractivity contribution in [2.45, 2.75) is 38.2 Å². The fourth-order valence-electron chi connectivity index (χ4n) is 1.44. The summed E-state index contributed by atoms with van der Waals surface area (Å²) in [4.78, 5) is 13.0. The van der Waals surface area contributed by atoms with E-state index < -0.39 is 11.5 Å². The van der Waals surface area contributed by atoms with Crippen LogP contribution in [0, 0.1) is 0 Å². The smallest absolute Gasteiger partial charge is 0.251 e. The topological polar surface area (TPSA) is 46.3 Å². The van der Waals surface area contributed by atoms with Crippen LogP contribution < -0.4 is 5.73 Å². The molecule has 0 aromatic heterocycles. The van der Waals surface area contributed by atoms with Gasteiger partial charge in [0.25, 0.3) is 5.92 Å². The Morgan fingerprint density at radius 2 is 1.79 bits per heavy atom. The van der Waals surface area contributed by atoms with Crippen LogP contribution in [0.2, 0.25) is 0 Å². The maximum Gasteiger partial charge on any atom is 0.251 e. The van der Waals surface area contributed by atoms with Gasteiger partial charge >= 0.3 is 0 Å². The van der Waals surface area contributed by atoms with E-state index >= 15 is 0 Å². The molecule has 5 heteroatoms. The second-order valence-corrected chi connectivity index (χ2v) is 4.37. The highest BCUT2D eigenvalue weighted by Crippen LogP contribution is 2.28. The van der Waals surface area contributed by atoms with Crippen LogP contribution in [0.25, 0.3) is 0 Å². The largest absolute Gasteiger partial charge is 0.341 e. The number of likely N-dealkylation sites (tertiary alicyclic amines) is 1. The van der Waals surface area contributed by atoms with Crippen molar-refractivity contribution in [3.8, 4) is 0 Å². The molecule has 1 rings (SSSR count). The van der Waals surface area contributed by atoms with Crippen molar-refractivity contribution >= 4 is 5.91 Å². The van der Waals surface area contributed by atoms with Gasteiger partial charge in [-0.05, 0) is 13.8 Å². The molecule has 0 spiro atoms. The SMILES string of the molecule is CC(C)(N)C(=O)N1CCC(F)(F)CC1. The van der Waals surface area contributed by atoms with Crippen LogP contribution in [0.15, 0.2) is 0 Å². The first-order valence-electron chi connectivity index (χ1n) is 4.68. The molecule has 0 aliphatic carbocycles. The van der Waals surface area contributed by atoms with Crippen LogP contribution in [-0.2, 0) is 4.79 Å². The third-order valence-corrected chi connectivity index (χ3v) is 2.33. The molecule has 1 amide bonds. The number of alkyl halides is 2. The quantitative estimate of drug-likeness (QED) is 0.695. The third-order valence-electron chi connectivity index (χ3n) is 2.33. The van der Waals surface area contributed by atoms with E-state index in [1.807, 2.05) is 0 Å². The van der Waals surface area contributed by atoms with Crippen molar-refractivity contribution in [3.05, 3.63) is 0 Å². The Kier molecular flexibility index (Phi) is 2.81. The van der Waals surface area contributed by atoms with Crippen molar-refractivity contribution in [1.82, 2.24) is 4.90 Å². The zero-order valence-electron chi connectivity index (χ0n) is 8.52. The van der Waals surface area contributed by atoms with Gasteiger partial charge in [-0.2, -0.15) is 0 Å². The molecule has 0 saturated carbocycles. The molecule has 14 heavy (non-hydrogen) atoms. The number of halogens is 2. The molecule has 0 radical (unpaired) electrons. The van der Waals surface area contributed by atoms with Crippen molar-refractivity contribution in [2.75, 3.05) is 13.1 Å². The zero-order chi connectivity index (χ0) is 11.0. The van der Waals surface area contributed by atoms with Crippen molar-refractivity contribution in [1.29, 1.82) is 0 Å². The molecular weight excluding hydrogens is 190 g/mol. The van der Waals surface area contributed by atoms with Crippen LogP contribution in [-0.4, -0.2) is 35.4 Å². The Bertz CT molecular complexity index is 225. The lowest BCUT2D eigenvalue weighted by molar-refractivity contribution is -0.141. The van der Waals surface area contributed by atoms with Crippen LogP contribution in [0.4, 0.5) is 8.78 Å². The lowest BCUT2D eigenvalue weighted by atomic mass is 10.0. The summed E-state index contributed by atoms with van der Waals surface area (Å²) in [5.74, 6) is -2.87. The Morgan fingerprint density at radius 3 is 2.14 bits per heavy atom. The van der Waals surface area contributed by atoms with Gasteiger partial charge in [0.15, 0.2) is 0 Å². The van der Waals surface area contributed by atoms with Gasteiger partial charge in [0, 0.05) is 25.9 Å². The molecule has 0 unspecified atom stereocenters. The molecular formula is C9H16F2N2O. The van der Waals surface area contributed by atoms with Gasteiger partial charge in [0.2, 0.25) is 5.91 Å². The monoisotopic (exact) mass is 206 g/mol. The third kappa shape index (κ3) is 2.64. The fraction of sp³-hybridized carbons (Fsp3) is 0.889. The average molecular weight is 206 g/mol. The summed E-state index contributed by atoms with van der Waals surface area (Å²) in [5, 5.41) is 0. The standard InChI is InChI=1S/C9H16F2N2O/c1-8(2,12)7(14)13-5-3-9(10,11)4-6-13/h3-6,12H2,1-2H3. The van der Waals surface area contributed by atoms with Crippen molar-refractivity contribution in [3.63, 3.8) is 0 Å². The Morgan fingerprint density at radius 1 is 1.36 bits per heavy atom. The molecule has 2 N–H and O–H groups in total. The van der Waals surface area contributed by atoms with Crippen LogP contribution in [0.1, 0.15) is 26.7 Å². The van der Waals surface area contributed by atoms with Gasteiger partial charge in [-0.1, -0.05) is 0 Å². The first-order valence-corrected chi connectivity index (χ1v) is 4.68. The maximum absolute atomic E-state index is 12.8. The lowest BCUT2D eigenvalue weighted by Gasteiger charge is -2.35. The molecule has 0 aromatic rings. The highest BCUT2D eigenvalue weighted by atomic mass is 19.3. The highest BCUT2D eigenvalue weighted by Gasteiger charge is 2.38. The second kappa shape index (κ2) is 3.46. The van der Waals surface area contributed by atoms with E-state index in [-0.39, 0.29) is 31.8 Å². The zero-order valence-corrected chi connectivity index (χ0v) is 8.52. The predicted octanol–water partition coefficient (Wildman–Crippen LogP) is 0.981. The van der Waals surface area contributed by atoms with Crippen LogP contribution in [0.3, 0.4) is 0 Å². The Hall–Kier alpha value is -0.710. The highest BCUT2D eigenvalue weighted by molar-refractivity contribution is 5.85. The molecule has 1 saturated heterocycles. The molecule has 1 aliphatic heterocycles. The first-order chi connectivity index (χ1) is 6.22. The minimum atomic E-state index is -2.62. The number of nitrogens with two attached hydrogens (primary N) is 1. The van der Waals surface area contributed by atoms with E-state index in [0.717, 1.165) is 0 Å². The van der Waals surface area contributed by atoms with Gasteiger partial charge in [-0.25, -0.2) is 8.78 Å². The van der Waals surface area contributed by atoms with E-state index in [1.54, 1.807) is 13.8 Å². The van der Waals surface area contributed by atoms with E-state index in [9.17, 15) is 13.6 Å². The number of hydrogen-bond acceptors (Lipinski definition) is 2. The number of rotatable bonds is 1. The van der Waals surface area contributed by atoms with Gasteiger partial charge in [0.05, 0.1) is 5.54 Å². The van der Waals surface area contributed by atoms with Gasteiger partial charge < -0.3 is 10.6 Å². The summed E-state index contributed by atoms with van der Waals surface area (Å²) >= 11 is 0. The molecule has 82 valence electrons. The van der Waals surface area contributed by atoms with E-state index in [4.69, 9.17) is 5.73 Å². The lowest BCUT2D eigenvalue weighted by Crippen LogP contribution is -2.54. The summed E-state index contributed by atoms with van der Waals surface area (Å²) < 4.78 is 25.5. The molecule has 3 nitrogen and oxygen atoms in total. The first kappa shape index (κ1) is 11.4. The van der Waals surface area contributed by atoms with E-state index in [2.05, 4.69) is 0 Å². The number of nitrogens with zero attached hydrogens (tertiary/aromatic N) is 1. The number of piperidine rings is 1. The Balaban J connectivity index is 2.55. The van der Waals surface area contributed by atoms with E-state index in [1.165, 1.54) is 4.90 Å². The van der Waals surface area contributed by atoms with Gasteiger partial charge in [-0.15, -0.1) is 0 Å². The summed E-state index contributed by atoms with van der Waals surface area (Å²) in [7, 11) is 0. The fourth-order valence-corrected chi connectivity index (χ4v) is 1.44. The normalized spacial score (nSPS) is 22.2. The minimum absolute atomic E-state index is 0.104. The van der Waals surface area contributed by atoms with E-state index in [0.29, 0.717) is 0 Å². The Labute approximate surface area is 82.2 Å². The predicted molar refractivity (Wildman–Crippen MR) is 49.0 cm³/mol. The van der Waals surface area contributed by atoms with Gasteiger partial charge in [-0.3, -0.25) is 4.79 Å². The molecule has 0 bridgehead atoms. The molecule has 0 atom stereocenters. The molecule has 1 fully saturated rings. The van der Waals surface area contributed by atoms with Crippen molar-refractivity contribution < 1.29 is 13.6 Å². The van der Waals surface area contributed by atoms with Gasteiger partial charge in [0.1, 0.15) is 0 Å². The summed E-state index contributed by atoms with van der Waals surface area (Å²) in [5.41, 5.74) is 4.63. The number of carbonyl (C=O) groups excluding carboxylic acids is 1. The molecule has 1 aliphatic rings. The molecule has 1 heterocycles. The van der Waals surface area contributed by atoms with Crippen molar-refractivity contribution in [2.24, 2.45) is 5.73 Å². The molecule has 0 aromatic carbocycles. The summed E-state index contributed by atoms with van der Waals surface area (Å²) in [6, 6.07) is 0. The summed E-state index contributed by atoms with van der Waals surface area (Å²) in [6.07, 6.45) is -0.510. The summed E-state index contributed by atoms with van der Waals surface area (Å²) in [6.45, 7) is 3.38.